The first-order chi connectivity index (χ1) is 36.9. The van der Waals surface area contributed by atoms with E-state index in [2.05, 4.69) is 123 Å². The summed E-state index contributed by atoms with van der Waals surface area (Å²) in [6.45, 7) is 6.59. The van der Waals surface area contributed by atoms with Crippen LogP contribution in [0.5, 0.6) is 0 Å². The van der Waals surface area contributed by atoms with Crippen LogP contribution in [-0.4, -0.2) is 69.4 Å². The summed E-state index contributed by atoms with van der Waals surface area (Å²) in [5.74, 6) is -0.575. The number of ether oxygens (including phenoxy) is 1. The lowest BCUT2D eigenvalue weighted by Crippen LogP contribution is -2.47. The molecule has 0 aliphatic rings. The van der Waals surface area contributed by atoms with Crippen molar-refractivity contribution >= 4 is 19.7 Å². The highest BCUT2D eigenvalue weighted by atomic mass is 31.2. The number of phosphoric acid groups is 1. The van der Waals surface area contributed by atoms with Gasteiger partial charge in [0.2, 0.25) is 5.91 Å². The molecule has 0 fully saturated rings. The Balaban J connectivity index is 5.20. The summed E-state index contributed by atoms with van der Waals surface area (Å²) in [6, 6.07) is -0.905. The molecule has 0 aliphatic heterocycles. The number of phosphoric ester groups is 1. The molecule has 1 amide bonds. The number of hydrogen-bond acceptors (Lipinski definition) is 7. The molecule has 0 heterocycles. The zero-order chi connectivity index (χ0) is 55.7. The number of unbranched alkanes of at least 4 members (excludes halogenated alkanes) is 22. The maximum absolute atomic E-state index is 13.5. The Labute approximate surface area is 468 Å². The lowest BCUT2D eigenvalue weighted by atomic mass is 10.1. The standard InChI is InChI=1S/C66H115N2O7P/c1-7-10-13-16-19-22-25-27-29-30-31-32-33-34-35-36-37-38-39-41-44-47-50-53-56-59-66(70)75-64(57-54-51-48-45-42-24-21-18-15-12-9-3)63(62-74-76(71,72)73-61-60-68(4,5)6)67-65(69)58-55-52-49-46-43-40-28-26-23-20-17-14-11-8-2/h10-11,13-14,19-20,22-23,27,29,31-32,34-35,37-38,54,57,63-64H,7-9,12,15-18,21,24-26,28,30,33,36,39-53,55-56,58-62H2,1-6H3,(H-,67,69,71,72)/b13-10-,14-11+,22-19-,23-20+,29-27-,32-31-,35-34-,38-37-,57-54-. The molecule has 0 rings (SSSR count). The number of quaternary nitrogens is 1. The summed E-state index contributed by atoms with van der Waals surface area (Å²) in [4.78, 5) is 39.9. The van der Waals surface area contributed by atoms with Crippen LogP contribution in [0.25, 0.3) is 0 Å². The van der Waals surface area contributed by atoms with Crippen LogP contribution in [0.4, 0.5) is 0 Å². The van der Waals surface area contributed by atoms with E-state index in [9.17, 15) is 19.0 Å². The Bertz CT molecular complexity index is 1670. The molecule has 1 N–H and O–H groups in total. The second-order valence-electron chi connectivity index (χ2n) is 21.4. The van der Waals surface area contributed by atoms with Crippen LogP contribution in [0.3, 0.4) is 0 Å². The first-order valence-corrected chi connectivity index (χ1v) is 32.2. The van der Waals surface area contributed by atoms with Gasteiger partial charge < -0.3 is 28.5 Å². The summed E-state index contributed by atoms with van der Waals surface area (Å²) in [5, 5.41) is 3.01. The number of allylic oxidation sites excluding steroid dienone is 17. The third kappa shape index (κ3) is 55.4. The Kier molecular flexibility index (Phi) is 52.6. The fraction of sp³-hybridized carbons (Fsp3) is 0.697. The molecule has 0 saturated heterocycles. The number of rotatable bonds is 54. The van der Waals surface area contributed by atoms with Crippen molar-refractivity contribution in [2.75, 3.05) is 40.9 Å². The fourth-order valence-corrected chi connectivity index (χ4v) is 8.99. The van der Waals surface area contributed by atoms with E-state index >= 15 is 0 Å². The highest BCUT2D eigenvalue weighted by molar-refractivity contribution is 7.45. The molecule has 76 heavy (non-hydrogen) atoms. The molecule has 0 aliphatic carbocycles. The minimum absolute atomic E-state index is 0.0319. The largest absolute Gasteiger partial charge is 0.756 e. The average Bonchev–Trinajstić information content (AvgIpc) is 3.38. The summed E-state index contributed by atoms with van der Waals surface area (Å²) in [7, 11) is 1.15. The minimum Gasteiger partial charge on any atom is -0.756 e. The third-order valence-electron chi connectivity index (χ3n) is 12.9. The van der Waals surface area contributed by atoms with Gasteiger partial charge in [0.1, 0.15) is 19.3 Å². The Morgan fingerprint density at radius 2 is 0.842 bits per heavy atom. The first kappa shape index (κ1) is 72.7. The molecule has 0 radical (unpaired) electrons. The van der Waals surface area contributed by atoms with Gasteiger partial charge in [0.25, 0.3) is 7.82 Å². The molecule has 0 aromatic carbocycles. The number of carbonyl (C=O) groups is 2. The SMILES string of the molecule is CC/C=C\C/C=C\C/C=C\C/C=C\C/C=C\C/C=C\CCCCCCCCC(=O)OC(/C=C\CCCCCCCCCCC)C(COP(=O)([O-])OCC[N+](C)(C)C)NC(=O)CCCCCCCCC/C=C/C/C=C/CC. The number of nitrogens with zero attached hydrogens (tertiary/aromatic N) is 1. The predicted octanol–water partition coefficient (Wildman–Crippen LogP) is 18.3. The van der Waals surface area contributed by atoms with Gasteiger partial charge in [-0.05, 0) is 109 Å². The summed E-state index contributed by atoms with van der Waals surface area (Å²) >= 11 is 0. The van der Waals surface area contributed by atoms with Crippen LogP contribution in [0.15, 0.2) is 109 Å². The van der Waals surface area contributed by atoms with Crippen molar-refractivity contribution in [1.29, 1.82) is 0 Å². The van der Waals surface area contributed by atoms with E-state index in [1.165, 1.54) is 64.2 Å². The molecular formula is C66H115N2O7P. The molecular weight excluding hydrogens is 964 g/mol. The van der Waals surface area contributed by atoms with Crippen LogP contribution in [0, 0.1) is 0 Å². The molecule has 3 unspecified atom stereocenters. The average molecular weight is 1080 g/mol. The van der Waals surface area contributed by atoms with E-state index in [1.807, 2.05) is 33.3 Å². The lowest BCUT2D eigenvalue weighted by Gasteiger charge is -2.30. The molecule has 9 nitrogen and oxygen atoms in total. The molecule has 3 atom stereocenters. The number of nitrogens with one attached hydrogen (secondary N) is 1. The van der Waals surface area contributed by atoms with Crippen molar-refractivity contribution in [2.45, 2.75) is 258 Å². The lowest BCUT2D eigenvalue weighted by molar-refractivity contribution is -0.870. The maximum Gasteiger partial charge on any atom is 0.306 e. The number of carbonyl (C=O) groups excluding carboxylic acids is 2. The van der Waals surface area contributed by atoms with E-state index in [4.69, 9.17) is 13.8 Å². The molecule has 0 bridgehead atoms. The van der Waals surface area contributed by atoms with Gasteiger partial charge in [-0.2, -0.15) is 0 Å². The Hall–Kier alpha value is -3.33. The van der Waals surface area contributed by atoms with Crippen molar-refractivity contribution < 1.29 is 37.3 Å². The van der Waals surface area contributed by atoms with Crippen molar-refractivity contribution in [2.24, 2.45) is 0 Å². The molecule has 0 spiro atoms. The number of esters is 1. The van der Waals surface area contributed by atoms with Crippen molar-refractivity contribution in [1.82, 2.24) is 5.32 Å². The van der Waals surface area contributed by atoms with E-state index in [1.54, 1.807) is 0 Å². The van der Waals surface area contributed by atoms with Crippen LogP contribution >= 0.6 is 7.82 Å². The van der Waals surface area contributed by atoms with Crippen LogP contribution < -0.4 is 10.2 Å². The summed E-state index contributed by atoms with van der Waals surface area (Å²) in [6.07, 6.45) is 74.9. The second kappa shape index (κ2) is 55.0. The van der Waals surface area contributed by atoms with Crippen molar-refractivity contribution in [3.63, 3.8) is 0 Å². The normalized spacial score (nSPS) is 14.5. The molecule has 0 aromatic rings. The number of likely N-dealkylation sites (N-methyl/N-ethyl adjacent to an activating group) is 1. The highest BCUT2D eigenvalue weighted by Crippen LogP contribution is 2.38. The van der Waals surface area contributed by atoms with Gasteiger partial charge in [0.05, 0.1) is 33.8 Å². The smallest absolute Gasteiger partial charge is 0.306 e. The Morgan fingerprint density at radius 1 is 0.474 bits per heavy atom. The number of hydrogen-bond donors (Lipinski definition) is 1. The van der Waals surface area contributed by atoms with E-state index in [0.717, 1.165) is 141 Å². The van der Waals surface area contributed by atoms with Crippen molar-refractivity contribution in [3.8, 4) is 0 Å². The van der Waals surface area contributed by atoms with Gasteiger partial charge in [-0.3, -0.25) is 14.2 Å². The van der Waals surface area contributed by atoms with Gasteiger partial charge in [-0.15, -0.1) is 0 Å². The number of amides is 1. The highest BCUT2D eigenvalue weighted by Gasteiger charge is 2.27. The van der Waals surface area contributed by atoms with Gasteiger partial charge in [0.15, 0.2) is 0 Å². The van der Waals surface area contributed by atoms with Gasteiger partial charge >= 0.3 is 5.97 Å². The van der Waals surface area contributed by atoms with E-state index in [0.29, 0.717) is 23.9 Å². The topological polar surface area (TPSA) is 114 Å². The van der Waals surface area contributed by atoms with E-state index in [-0.39, 0.29) is 24.9 Å². The molecule has 0 saturated carbocycles. The van der Waals surface area contributed by atoms with Gasteiger partial charge in [0, 0.05) is 12.8 Å². The fourth-order valence-electron chi connectivity index (χ4n) is 8.27. The van der Waals surface area contributed by atoms with Gasteiger partial charge in [-0.1, -0.05) is 233 Å². The Morgan fingerprint density at radius 3 is 1.26 bits per heavy atom. The van der Waals surface area contributed by atoms with Crippen LogP contribution in [0.2, 0.25) is 0 Å². The summed E-state index contributed by atoms with van der Waals surface area (Å²) in [5.41, 5.74) is 0. The zero-order valence-electron chi connectivity index (χ0n) is 49.7. The maximum atomic E-state index is 13.5. The quantitative estimate of drug-likeness (QED) is 0.0212. The monoisotopic (exact) mass is 1080 g/mol. The zero-order valence-corrected chi connectivity index (χ0v) is 50.6. The summed E-state index contributed by atoms with van der Waals surface area (Å²) < 4.78 is 30.3. The van der Waals surface area contributed by atoms with Gasteiger partial charge in [-0.25, -0.2) is 0 Å². The molecule has 0 aromatic heterocycles. The van der Waals surface area contributed by atoms with Crippen molar-refractivity contribution in [3.05, 3.63) is 109 Å². The molecule has 10 heteroatoms. The van der Waals surface area contributed by atoms with Crippen LogP contribution in [0.1, 0.15) is 245 Å². The molecule has 436 valence electrons. The third-order valence-corrected chi connectivity index (χ3v) is 13.9. The second-order valence-corrected chi connectivity index (χ2v) is 22.9. The predicted molar refractivity (Wildman–Crippen MR) is 325 cm³/mol. The minimum atomic E-state index is -4.71. The first-order valence-electron chi connectivity index (χ1n) is 30.7. The van der Waals surface area contributed by atoms with Crippen LogP contribution in [-0.2, 0) is 27.9 Å². The van der Waals surface area contributed by atoms with E-state index < -0.39 is 26.6 Å².